The van der Waals surface area contributed by atoms with Gasteiger partial charge in [0.2, 0.25) is 0 Å². The van der Waals surface area contributed by atoms with Crippen molar-refractivity contribution in [3.63, 3.8) is 0 Å². The quantitative estimate of drug-likeness (QED) is 0.137. The Labute approximate surface area is 175 Å². The first-order chi connectivity index (χ1) is 13.6. The molecule has 0 heterocycles. The fourth-order valence-electron chi connectivity index (χ4n) is 3.76. The smallest absolute Gasteiger partial charge is 0.264 e. The second-order valence-electron chi connectivity index (χ2n) is 8.43. The maximum atomic E-state index is 10.6. The van der Waals surface area contributed by atoms with Crippen molar-refractivity contribution in [3.05, 3.63) is 0 Å². The van der Waals surface area contributed by atoms with E-state index < -0.39 is 10.1 Å². The fraction of sp³-hybridized carbons (Fsp3) is 1.00. The van der Waals surface area contributed by atoms with E-state index in [2.05, 4.69) is 0 Å². The molecule has 0 unspecified atom stereocenters. The zero-order valence-corrected chi connectivity index (χ0v) is 19.2. The Morgan fingerprint density at radius 3 is 0.821 bits per heavy atom. The van der Waals surface area contributed by atoms with Crippen molar-refractivity contribution >= 4 is 10.1 Å². The molecule has 0 aromatic rings. The minimum Gasteiger partial charge on any atom is -0.396 e. The Morgan fingerprint density at radius 1 is 0.393 bits per heavy atom. The second kappa shape index (κ2) is 21.6. The Kier molecular flexibility index (Phi) is 21.5. The first-order valence-electron chi connectivity index (χ1n) is 12.1. The van der Waals surface area contributed by atoms with Gasteiger partial charge in [0.05, 0.1) is 5.75 Å². The monoisotopic (exact) mass is 420 g/mol. The van der Waals surface area contributed by atoms with Gasteiger partial charge in [0.1, 0.15) is 0 Å². The zero-order chi connectivity index (χ0) is 20.8. The molecule has 0 amide bonds. The van der Waals surface area contributed by atoms with Crippen molar-refractivity contribution < 1.29 is 18.1 Å². The van der Waals surface area contributed by atoms with Gasteiger partial charge in [-0.2, -0.15) is 8.42 Å². The van der Waals surface area contributed by atoms with Gasteiger partial charge in [-0.05, 0) is 12.8 Å². The SMILES string of the molecule is O=S(=O)(O)CCCCCCCCCCCCCCCCCCCCCCCO. The Bertz CT molecular complexity index is 395. The van der Waals surface area contributed by atoms with E-state index in [1.807, 2.05) is 0 Å². The van der Waals surface area contributed by atoms with E-state index >= 15 is 0 Å². The summed E-state index contributed by atoms with van der Waals surface area (Å²) in [5, 5.41) is 8.72. The van der Waals surface area contributed by atoms with Crippen molar-refractivity contribution in [1.29, 1.82) is 0 Å². The van der Waals surface area contributed by atoms with E-state index in [1.54, 1.807) is 0 Å². The van der Waals surface area contributed by atoms with Gasteiger partial charge in [0.25, 0.3) is 10.1 Å². The molecule has 170 valence electrons. The summed E-state index contributed by atoms with van der Waals surface area (Å²) in [6.07, 6.45) is 26.4. The molecular weight excluding hydrogens is 372 g/mol. The van der Waals surface area contributed by atoms with E-state index in [0.29, 0.717) is 13.0 Å². The van der Waals surface area contributed by atoms with Crippen LogP contribution in [0, 0.1) is 0 Å². The molecule has 0 spiro atoms. The molecule has 0 aliphatic rings. The van der Waals surface area contributed by atoms with Crippen LogP contribution in [0.25, 0.3) is 0 Å². The highest BCUT2D eigenvalue weighted by Crippen LogP contribution is 2.15. The molecule has 0 rings (SSSR count). The van der Waals surface area contributed by atoms with Crippen molar-refractivity contribution in [2.75, 3.05) is 12.4 Å². The molecule has 0 saturated carbocycles. The first kappa shape index (κ1) is 27.9. The molecule has 2 N–H and O–H groups in total. The van der Waals surface area contributed by atoms with Gasteiger partial charge in [-0.15, -0.1) is 0 Å². The molecule has 0 saturated heterocycles. The lowest BCUT2D eigenvalue weighted by Crippen LogP contribution is -2.03. The van der Waals surface area contributed by atoms with Crippen LogP contribution in [0.4, 0.5) is 0 Å². The van der Waals surface area contributed by atoms with E-state index in [1.165, 1.54) is 109 Å². The molecule has 0 aromatic heterocycles. The standard InChI is InChI=1S/C23H48O4S/c24-22-20-18-16-14-12-10-8-6-4-2-1-3-5-7-9-11-13-15-17-19-21-23-28(25,26)27/h24H,1-23H2,(H,25,26,27). The van der Waals surface area contributed by atoms with Crippen LogP contribution >= 0.6 is 0 Å². The average Bonchev–Trinajstić information content (AvgIpc) is 2.65. The molecular formula is C23H48O4S. The van der Waals surface area contributed by atoms with Crippen molar-refractivity contribution in [2.24, 2.45) is 0 Å². The Morgan fingerprint density at radius 2 is 0.607 bits per heavy atom. The maximum absolute atomic E-state index is 10.6. The largest absolute Gasteiger partial charge is 0.396 e. The number of hydrogen-bond donors (Lipinski definition) is 2. The summed E-state index contributed by atoms with van der Waals surface area (Å²) >= 11 is 0. The van der Waals surface area contributed by atoms with Gasteiger partial charge in [-0.25, -0.2) is 0 Å². The Balaban J connectivity index is 3.03. The average molecular weight is 421 g/mol. The summed E-state index contributed by atoms with van der Waals surface area (Å²) in [6, 6.07) is 0. The Hall–Kier alpha value is -0.130. The van der Waals surface area contributed by atoms with Crippen molar-refractivity contribution in [2.45, 2.75) is 135 Å². The van der Waals surface area contributed by atoms with Gasteiger partial charge in [0, 0.05) is 6.61 Å². The van der Waals surface area contributed by atoms with Crippen LogP contribution in [-0.4, -0.2) is 30.4 Å². The van der Waals surface area contributed by atoms with Gasteiger partial charge in [-0.3, -0.25) is 4.55 Å². The highest BCUT2D eigenvalue weighted by Gasteiger charge is 2.02. The third-order valence-electron chi connectivity index (χ3n) is 5.56. The van der Waals surface area contributed by atoms with E-state index in [4.69, 9.17) is 9.66 Å². The maximum Gasteiger partial charge on any atom is 0.264 e. The number of unbranched alkanes of at least 4 members (excludes halogenated alkanes) is 20. The molecule has 28 heavy (non-hydrogen) atoms. The topological polar surface area (TPSA) is 74.6 Å². The number of aliphatic hydroxyl groups excluding tert-OH is 1. The molecule has 0 aliphatic heterocycles. The third kappa shape index (κ3) is 25.9. The summed E-state index contributed by atoms with van der Waals surface area (Å²) in [5.74, 6) is -0.0842. The van der Waals surface area contributed by atoms with Crippen LogP contribution in [0.3, 0.4) is 0 Å². The summed E-state index contributed by atoms with van der Waals surface area (Å²) in [5.41, 5.74) is 0. The predicted octanol–water partition coefficient (Wildman–Crippen LogP) is 7.06. The van der Waals surface area contributed by atoms with Crippen LogP contribution in [0.5, 0.6) is 0 Å². The molecule has 0 radical (unpaired) electrons. The summed E-state index contributed by atoms with van der Waals surface area (Å²) in [6.45, 7) is 0.351. The molecule has 0 aromatic carbocycles. The highest BCUT2D eigenvalue weighted by atomic mass is 32.2. The molecule has 0 fully saturated rings. The first-order valence-corrected chi connectivity index (χ1v) is 13.7. The molecule has 0 bridgehead atoms. The molecule has 0 aliphatic carbocycles. The number of hydrogen-bond acceptors (Lipinski definition) is 3. The van der Waals surface area contributed by atoms with Gasteiger partial charge < -0.3 is 5.11 Å². The van der Waals surface area contributed by atoms with Crippen LogP contribution < -0.4 is 0 Å². The minimum absolute atomic E-state index is 0.0842. The van der Waals surface area contributed by atoms with Crippen LogP contribution in [0.1, 0.15) is 135 Å². The van der Waals surface area contributed by atoms with E-state index in [-0.39, 0.29) is 5.75 Å². The zero-order valence-electron chi connectivity index (χ0n) is 18.4. The van der Waals surface area contributed by atoms with Crippen LogP contribution in [0.15, 0.2) is 0 Å². The molecule has 5 heteroatoms. The number of aliphatic hydroxyl groups is 1. The predicted molar refractivity (Wildman–Crippen MR) is 120 cm³/mol. The molecule has 4 nitrogen and oxygen atoms in total. The summed E-state index contributed by atoms with van der Waals surface area (Å²) in [4.78, 5) is 0. The summed E-state index contributed by atoms with van der Waals surface area (Å²) < 4.78 is 29.8. The van der Waals surface area contributed by atoms with Crippen LogP contribution in [-0.2, 0) is 10.1 Å². The van der Waals surface area contributed by atoms with Crippen LogP contribution in [0.2, 0.25) is 0 Å². The van der Waals surface area contributed by atoms with E-state index in [9.17, 15) is 8.42 Å². The normalized spacial score (nSPS) is 11.9. The summed E-state index contributed by atoms with van der Waals surface area (Å²) in [7, 11) is -3.76. The van der Waals surface area contributed by atoms with Gasteiger partial charge in [0.15, 0.2) is 0 Å². The lowest BCUT2D eigenvalue weighted by atomic mass is 10.0. The van der Waals surface area contributed by atoms with Crippen molar-refractivity contribution in [1.82, 2.24) is 0 Å². The lowest BCUT2D eigenvalue weighted by Gasteiger charge is -2.04. The van der Waals surface area contributed by atoms with Crippen molar-refractivity contribution in [3.8, 4) is 0 Å². The van der Waals surface area contributed by atoms with Gasteiger partial charge >= 0.3 is 0 Å². The minimum atomic E-state index is -3.76. The lowest BCUT2D eigenvalue weighted by molar-refractivity contribution is 0.282. The third-order valence-corrected chi connectivity index (χ3v) is 6.36. The fourth-order valence-corrected chi connectivity index (χ4v) is 4.32. The highest BCUT2D eigenvalue weighted by molar-refractivity contribution is 7.85. The van der Waals surface area contributed by atoms with E-state index in [0.717, 1.165) is 19.3 Å². The molecule has 0 atom stereocenters. The number of rotatable bonds is 23. The van der Waals surface area contributed by atoms with Gasteiger partial charge in [-0.1, -0.05) is 122 Å². The second-order valence-corrected chi connectivity index (χ2v) is 10.0.